The summed E-state index contributed by atoms with van der Waals surface area (Å²) in [4.78, 5) is 11.0. The normalized spacial score (nSPS) is 29.0. The summed E-state index contributed by atoms with van der Waals surface area (Å²) in [6.07, 6.45) is 4.91. The van der Waals surface area contributed by atoms with Gasteiger partial charge in [-0.15, -0.1) is 0 Å². The van der Waals surface area contributed by atoms with Crippen molar-refractivity contribution in [3.8, 4) is 0 Å². The van der Waals surface area contributed by atoms with Gasteiger partial charge in [-0.2, -0.15) is 0 Å². The highest BCUT2D eigenvalue weighted by molar-refractivity contribution is 5.74. The van der Waals surface area contributed by atoms with Gasteiger partial charge in [-0.3, -0.25) is 4.79 Å². The van der Waals surface area contributed by atoms with Crippen molar-refractivity contribution in [3.63, 3.8) is 0 Å². The SMILES string of the molecule is CCCCCC1COC(=O)C1C. The first-order valence-electron chi connectivity index (χ1n) is 4.92. The van der Waals surface area contributed by atoms with E-state index in [1.54, 1.807) is 0 Å². The fourth-order valence-electron chi connectivity index (χ4n) is 1.65. The molecule has 2 nitrogen and oxygen atoms in total. The number of carbonyl (C=O) groups is 1. The lowest BCUT2D eigenvalue weighted by atomic mass is 9.92. The predicted octanol–water partition coefficient (Wildman–Crippen LogP) is 2.38. The van der Waals surface area contributed by atoms with E-state index < -0.39 is 0 Å². The lowest BCUT2D eigenvalue weighted by molar-refractivity contribution is -0.140. The number of cyclic esters (lactones) is 1. The summed E-state index contributed by atoms with van der Waals surface area (Å²) < 4.78 is 4.97. The van der Waals surface area contributed by atoms with Gasteiger partial charge in [0.1, 0.15) is 0 Å². The Morgan fingerprint density at radius 3 is 2.75 bits per heavy atom. The Bertz CT molecular complexity index is 154. The summed E-state index contributed by atoms with van der Waals surface area (Å²) in [5, 5.41) is 0. The second-order valence-electron chi connectivity index (χ2n) is 3.67. The standard InChI is InChI=1S/C10H18O2/c1-3-4-5-6-9-7-12-10(11)8(9)2/h8-9H,3-7H2,1-2H3. The van der Waals surface area contributed by atoms with Gasteiger partial charge in [0.2, 0.25) is 0 Å². The summed E-state index contributed by atoms with van der Waals surface area (Å²) in [7, 11) is 0. The Kier molecular flexibility index (Phi) is 3.57. The number of carbonyl (C=O) groups excluding carboxylic acids is 1. The van der Waals surface area contributed by atoms with Crippen molar-refractivity contribution in [2.75, 3.05) is 6.61 Å². The van der Waals surface area contributed by atoms with E-state index in [0.29, 0.717) is 12.5 Å². The molecule has 1 saturated heterocycles. The first kappa shape index (κ1) is 9.56. The molecule has 12 heavy (non-hydrogen) atoms. The lowest BCUT2D eigenvalue weighted by Gasteiger charge is -2.09. The quantitative estimate of drug-likeness (QED) is 0.478. The average molecular weight is 170 g/mol. The average Bonchev–Trinajstić information content (AvgIpc) is 2.36. The van der Waals surface area contributed by atoms with Crippen molar-refractivity contribution in [2.24, 2.45) is 11.8 Å². The van der Waals surface area contributed by atoms with Crippen LogP contribution in [0.1, 0.15) is 39.5 Å². The van der Waals surface area contributed by atoms with Crippen LogP contribution in [0.3, 0.4) is 0 Å². The molecule has 0 N–H and O–H groups in total. The smallest absolute Gasteiger partial charge is 0.309 e. The van der Waals surface area contributed by atoms with Gasteiger partial charge in [-0.25, -0.2) is 0 Å². The lowest BCUT2D eigenvalue weighted by Crippen LogP contribution is -2.11. The summed E-state index contributed by atoms with van der Waals surface area (Å²) in [5.74, 6) is 0.627. The molecule has 0 aliphatic carbocycles. The van der Waals surface area contributed by atoms with E-state index in [-0.39, 0.29) is 11.9 Å². The molecule has 1 aliphatic rings. The molecule has 0 radical (unpaired) electrons. The molecule has 0 spiro atoms. The number of unbranched alkanes of at least 4 members (excludes halogenated alkanes) is 2. The Balaban J connectivity index is 2.20. The van der Waals surface area contributed by atoms with Gasteiger partial charge < -0.3 is 4.74 Å². The van der Waals surface area contributed by atoms with Crippen LogP contribution in [-0.4, -0.2) is 12.6 Å². The molecule has 2 unspecified atom stereocenters. The second-order valence-corrected chi connectivity index (χ2v) is 3.67. The third-order valence-corrected chi connectivity index (χ3v) is 2.70. The van der Waals surface area contributed by atoms with Crippen molar-refractivity contribution >= 4 is 5.97 Å². The Morgan fingerprint density at radius 1 is 1.50 bits per heavy atom. The van der Waals surface area contributed by atoms with Crippen molar-refractivity contribution in [2.45, 2.75) is 39.5 Å². The van der Waals surface area contributed by atoms with Crippen LogP contribution >= 0.6 is 0 Å². The molecule has 0 aromatic heterocycles. The number of esters is 1. The highest BCUT2D eigenvalue weighted by Crippen LogP contribution is 2.26. The summed E-state index contributed by atoms with van der Waals surface area (Å²) >= 11 is 0. The predicted molar refractivity (Wildman–Crippen MR) is 47.8 cm³/mol. The van der Waals surface area contributed by atoms with Gasteiger partial charge in [0.15, 0.2) is 0 Å². The number of ether oxygens (including phenoxy) is 1. The topological polar surface area (TPSA) is 26.3 Å². The molecule has 2 atom stereocenters. The maximum Gasteiger partial charge on any atom is 0.309 e. The number of hydrogen-bond acceptors (Lipinski definition) is 2. The van der Waals surface area contributed by atoms with E-state index in [1.807, 2.05) is 6.92 Å². The van der Waals surface area contributed by atoms with Crippen LogP contribution in [0.25, 0.3) is 0 Å². The Labute approximate surface area is 74.3 Å². The molecule has 1 fully saturated rings. The van der Waals surface area contributed by atoms with E-state index in [4.69, 9.17) is 4.74 Å². The van der Waals surface area contributed by atoms with Crippen molar-refractivity contribution < 1.29 is 9.53 Å². The van der Waals surface area contributed by atoms with Crippen LogP contribution in [0.2, 0.25) is 0 Å². The minimum Gasteiger partial charge on any atom is -0.465 e. The fourth-order valence-corrected chi connectivity index (χ4v) is 1.65. The summed E-state index contributed by atoms with van der Waals surface area (Å²) in [5.41, 5.74) is 0. The van der Waals surface area contributed by atoms with Crippen LogP contribution in [0.15, 0.2) is 0 Å². The second kappa shape index (κ2) is 4.48. The van der Waals surface area contributed by atoms with Gasteiger partial charge in [-0.1, -0.05) is 33.1 Å². The number of rotatable bonds is 4. The largest absolute Gasteiger partial charge is 0.465 e. The Morgan fingerprint density at radius 2 is 2.25 bits per heavy atom. The third kappa shape index (κ3) is 2.23. The number of hydrogen-bond donors (Lipinski definition) is 0. The molecule has 0 bridgehead atoms. The van der Waals surface area contributed by atoms with Gasteiger partial charge in [0, 0.05) is 5.92 Å². The van der Waals surface area contributed by atoms with Crippen molar-refractivity contribution in [3.05, 3.63) is 0 Å². The van der Waals surface area contributed by atoms with E-state index in [9.17, 15) is 4.79 Å². The summed E-state index contributed by atoms with van der Waals surface area (Å²) in [6, 6.07) is 0. The van der Waals surface area contributed by atoms with Crippen LogP contribution in [-0.2, 0) is 9.53 Å². The molecule has 1 aliphatic heterocycles. The zero-order valence-corrected chi connectivity index (χ0v) is 8.01. The first-order chi connectivity index (χ1) is 5.75. The minimum atomic E-state index is -0.00324. The molecular formula is C10H18O2. The molecule has 1 heterocycles. The zero-order chi connectivity index (χ0) is 8.97. The molecular weight excluding hydrogens is 152 g/mol. The van der Waals surface area contributed by atoms with Crippen LogP contribution in [0, 0.1) is 11.8 Å². The van der Waals surface area contributed by atoms with Crippen LogP contribution < -0.4 is 0 Å². The molecule has 0 aromatic carbocycles. The van der Waals surface area contributed by atoms with E-state index >= 15 is 0 Å². The summed E-state index contributed by atoms with van der Waals surface area (Å²) in [6.45, 7) is 4.83. The molecule has 0 saturated carbocycles. The van der Waals surface area contributed by atoms with Gasteiger partial charge in [-0.05, 0) is 6.42 Å². The monoisotopic (exact) mass is 170 g/mol. The van der Waals surface area contributed by atoms with E-state index in [0.717, 1.165) is 6.42 Å². The highest BCUT2D eigenvalue weighted by atomic mass is 16.5. The van der Waals surface area contributed by atoms with Crippen LogP contribution in [0.5, 0.6) is 0 Å². The molecule has 70 valence electrons. The minimum absolute atomic E-state index is 0.00324. The maximum atomic E-state index is 11.0. The van der Waals surface area contributed by atoms with E-state index in [2.05, 4.69) is 6.92 Å². The maximum absolute atomic E-state index is 11.0. The van der Waals surface area contributed by atoms with Crippen molar-refractivity contribution in [1.29, 1.82) is 0 Å². The molecule has 0 amide bonds. The molecule has 0 aromatic rings. The third-order valence-electron chi connectivity index (χ3n) is 2.70. The van der Waals surface area contributed by atoms with Gasteiger partial charge >= 0.3 is 5.97 Å². The van der Waals surface area contributed by atoms with Crippen LogP contribution in [0.4, 0.5) is 0 Å². The Hall–Kier alpha value is -0.530. The molecule has 1 rings (SSSR count). The van der Waals surface area contributed by atoms with Gasteiger partial charge in [0.05, 0.1) is 12.5 Å². The first-order valence-corrected chi connectivity index (χ1v) is 4.92. The fraction of sp³-hybridized carbons (Fsp3) is 0.900. The zero-order valence-electron chi connectivity index (χ0n) is 8.01. The van der Waals surface area contributed by atoms with Crippen molar-refractivity contribution in [1.82, 2.24) is 0 Å². The van der Waals surface area contributed by atoms with E-state index in [1.165, 1.54) is 19.3 Å². The molecule has 2 heteroatoms. The highest BCUT2D eigenvalue weighted by Gasteiger charge is 2.32. The van der Waals surface area contributed by atoms with Gasteiger partial charge in [0.25, 0.3) is 0 Å².